The molecule has 176 valence electrons. The Morgan fingerprint density at radius 1 is 0.879 bits per heavy atom. The third kappa shape index (κ3) is 6.44. The summed E-state index contributed by atoms with van der Waals surface area (Å²) < 4.78 is 0. The molecule has 0 radical (unpaired) electrons. The highest BCUT2D eigenvalue weighted by Gasteiger charge is 2.26. The number of amides is 3. The van der Waals surface area contributed by atoms with E-state index in [2.05, 4.69) is 10.6 Å². The van der Waals surface area contributed by atoms with Gasteiger partial charge in [-0.2, -0.15) is 0 Å². The maximum atomic E-state index is 12.9. The lowest BCUT2D eigenvalue weighted by molar-refractivity contribution is -0.118. The number of hydrogen-bond donors (Lipinski definition) is 2. The number of nitrogens with one attached hydrogen (secondary N) is 2. The summed E-state index contributed by atoms with van der Waals surface area (Å²) in [6.07, 6.45) is 5.70. The Balaban J connectivity index is 1.62. The Bertz CT molecular complexity index is 961. The fourth-order valence-electron chi connectivity index (χ4n) is 4.22. The summed E-state index contributed by atoms with van der Waals surface area (Å²) in [5.74, 6) is -0.658. The first-order valence-electron chi connectivity index (χ1n) is 11.8. The molecule has 0 bridgehead atoms. The van der Waals surface area contributed by atoms with Gasteiger partial charge in [-0.1, -0.05) is 50.8 Å². The highest BCUT2D eigenvalue weighted by molar-refractivity contribution is 6.01. The zero-order chi connectivity index (χ0) is 24.0. The first-order chi connectivity index (χ1) is 15.8. The van der Waals surface area contributed by atoms with Crippen LogP contribution in [0.1, 0.15) is 72.2 Å². The molecule has 3 amide bonds. The van der Waals surface area contributed by atoms with E-state index >= 15 is 0 Å². The second kappa shape index (κ2) is 11.1. The number of nitrogens with zero attached hydrogens (tertiary/aromatic N) is 1. The quantitative estimate of drug-likeness (QED) is 0.638. The minimum atomic E-state index is -0.683. The molecule has 0 saturated heterocycles. The minimum absolute atomic E-state index is 0.00481. The van der Waals surface area contributed by atoms with E-state index in [0.717, 1.165) is 18.4 Å². The van der Waals surface area contributed by atoms with Crippen LogP contribution in [0.5, 0.6) is 0 Å². The molecular weight excluding hydrogens is 414 g/mol. The van der Waals surface area contributed by atoms with Crippen LogP contribution in [0.2, 0.25) is 0 Å². The van der Waals surface area contributed by atoms with E-state index in [0.29, 0.717) is 22.9 Å². The van der Waals surface area contributed by atoms with Crippen LogP contribution < -0.4 is 10.6 Å². The van der Waals surface area contributed by atoms with Gasteiger partial charge in [0.25, 0.3) is 11.8 Å². The summed E-state index contributed by atoms with van der Waals surface area (Å²) in [6, 6.07) is 13.8. The molecule has 6 nitrogen and oxygen atoms in total. The van der Waals surface area contributed by atoms with Gasteiger partial charge < -0.3 is 15.5 Å². The predicted molar refractivity (Wildman–Crippen MR) is 131 cm³/mol. The number of aryl methyl sites for hydroxylation is 1. The van der Waals surface area contributed by atoms with Gasteiger partial charge in [0, 0.05) is 29.9 Å². The molecule has 1 fully saturated rings. The standard InChI is InChI=1S/C27H35N3O3/c1-18(2)24(29-25(31)20-12-10-19(3)11-13-20)26(32)28-22-16-14-21(15-17-22)27(33)30(4)23-8-6-5-7-9-23/h10-18,23-24H,5-9H2,1-4H3,(H,28,32)(H,29,31). The molecule has 1 aliphatic carbocycles. The molecule has 0 aliphatic heterocycles. The molecule has 1 saturated carbocycles. The van der Waals surface area contributed by atoms with Crippen LogP contribution in [0.4, 0.5) is 5.69 Å². The Morgan fingerprint density at radius 2 is 1.45 bits per heavy atom. The monoisotopic (exact) mass is 449 g/mol. The predicted octanol–water partition coefficient (Wildman–Crippen LogP) is 4.79. The van der Waals surface area contributed by atoms with Gasteiger partial charge in [-0.05, 0) is 62.1 Å². The molecule has 0 heterocycles. The average molecular weight is 450 g/mol. The van der Waals surface area contributed by atoms with Crippen LogP contribution in [0, 0.1) is 12.8 Å². The maximum absolute atomic E-state index is 12.9. The van der Waals surface area contributed by atoms with E-state index in [-0.39, 0.29) is 23.6 Å². The normalized spacial score (nSPS) is 15.1. The van der Waals surface area contributed by atoms with Crippen LogP contribution in [-0.2, 0) is 4.79 Å². The van der Waals surface area contributed by atoms with Crippen LogP contribution in [0.3, 0.4) is 0 Å². The van der Waals surface area contributed by atoms with Gasteiger partial charge in [0.05, 0.1) is 0 Å². The van der Waals surface area contributed by atoms with Crippen molar-refractivity contribution in [2.45, 2.75) is 65.0 Å². The Morgan fingerprint density at radius 3 is 2.03 bits per heavy atom. The number of carbonyl (C=O) groups is 3. The van der Waals surface area contributed by atoms with Crippen molar-refractivity contribution in [3.8, 4) is 0 Å². The van der Waals surface area contributed by atoms with E-state index in [4.69, 9.17) is 0 Å². The molecule has 3 rings (SSSR count). The Labute approximate surface area is 196 Å². The molecule has 6 heteroatoms. The number of anilines is 1. The van der Waals surface area contributed by atoms with Crippen molar-refractivity contribution in [2.24, 2.45) is 5.92 Å². The smallest absolute Gasteiger partial charge is 0.253 e. The fourth-order valence-corrected chi connectivity index (χ4v) is 4.22. The Hall–Kier alpha value is -3.15. The van der Waals surface area contributed by atoms with E-state index in [9.17, 15) is 14.4 Å². The summed E-state index contributed by atoms with van der Waals surface area (Å²) in [6.45, 7) is 5.74. The summed E-state index contributed by atoms with van der Waals surface area (Å²) in [4.78, 5) is 40.2. The van der Waals surface area contributed by atoms with Crippen molar-refractivity contribution in [1.82, 2.24) is 10.2 Å². The molecule has 2 N–H and O–H groups in total. The zero-order valence-corrected chi connectivity index (χ0v) is 20.1. The highest BCUT2D eigenvalue weighted by atomic mass is 16.2. The van der Waals surface area contributed by atoms with E-state index in [1.807, 2.05) is 44.9 Å². The van der Waals surface area contributed by atoms with Crippen molar-refractivity contribution in [3.05, 3.63) is 65.2 Å². The van der Waals surface area contributed by atoms with Gasteiger partial charge in [0.1, 0.15) is 6.04 Å². The maximum Gasteiger partial charge on any atom is 0.253 e. The molecule has 1 atom stereocenters. The minimum Gasteiger partial charge on any atom is -0.340 e. The van der Waals surface area contributed by atoms with E-state index in [1.54, 1.807) is 36.4 Å². The van der Waals surface area contributed by atoms with Gasteiger partial charge in [0.2, 0.25) is 5.91 Å². The van der Waals surface area contributed by atoms with Crippen LogP contribution >= 0.6 is 0 Å². The second-order valence-corrected chi connectivity index (χ2v) is 9.34. The topological polar surface area (TPSA) is 78.5 Å². The Kier molecular flexibility index (Phi) is 8.26. The number of benzene rings is 2. The number of hydrogen-bond acceptors (Lipinski definition) is 3. The van der Waals surface area contributed by atoms with Gasteiger partial charge >= 0.3 is 0 Å². The molecule has 33 heavy (non-hydrogen) atoms. The lowest BCUT2D eigenvalue weighted by Crippen LogP contribution is -2.47. The van der Waals surface area contributed by atoms with E-state index < -0.39 is 6.04 Å². The van der Waals surface area contributed by atoms with Crippen LogP contribution in [-0.4, -0.2) is 41.8 Å². The molecule has 2 aromatic carbocycles. The second-order valence-electron chi connectivity index (χ2n) is 9.34. The molecule has 0 aromatic heterocycles. The number of carbonyl (C=O) groups excluding carboxylic acids is 3. The molecule has 2 aromatic rings. The summed E-state index contributed by atoms with van der Waals surface area (Å²) >= 11 is 0. The van der Waals surface area contributed by atoms with Crippen molar-refractivity contribution >= 4 is 23.4 Å². The lowest BCUT2D eigenvalue weighted by Gasteiger charge is -2.31. The SMILES string of the molecule is Cc1ccc(C(=O)NC(C(=O)Nc2ccc(C(=O)N(C)C3CCCCC3)cc2)C(C)C)cc1. The summed E-state index contributed by atoms with van der Waals surface area (Å²) in [7, 11) is 1.87. The van der Waals surface area contributed by atoms with Crippen molar-refractivity contribution in [2.75, 3.05) is 12.4 Å². The summed E-state index contributed by atoms with van der Waals surface area (Å²) in [5.41, 5.74) is 2.78. The highest BCUT2D eigenvalue weighted by Crippen LogP contribution is 2.23. The van der Waals surface area contributed by atoms with Crippen LogP contribution in [0.15, 0.2) is 48.5 Å². The van der Waals surface area contributed by atoms with Crippen molar-refractivity contribution < 1.29 is 14.4 Å². The van der Waals surface area contributed by atoms with Gasteiger partial charge in [-0.25, -0.2) is 0 Å². The molecular formula is C27H35N3O3. The fraction of sp³-hybridized carbons (Fsp3) is 0.444. The summed E-state index contributed by atoms with van der Waals surface area (Å²) in [5, 5.41) is 5.71. The number of rotatable bonds is 7. The molecule has 0 spiro atoms. The zero-order valence-electron chi connectivity index (χ0n) is 20.1. The average Bonchev–Trinajstić information content (AvgIpc) is 2.82. The lowest BCUT2D eigenvalue weighted by atomic mass is 9.94. The third-order valence-electron chi connectivity index (χ3n) is 6.39. The molecule has 1 aliphatic rings. The molecule has 1 unspecified atom stereocenters. The van der Waals surface area contributed by atoms with Crippen LogP contribution in [0.25, 0.3) is 0 Å². The first kappa shape index (κ1) is 24.5. The van der Waals surface area contributed by atoms with Gasteiger partial charge in [-0.15, -0.1) is 0 Å². The largest absolute Gasteiger partial charge is 0.340 e. The third-order valence-corrected chi connectivity index (χ3v) is 6.39. The van der Waals surface area contributed by atoms with E-state index in [1.165, 1.54) is 19.3 Å². The van der Waals surface area contributed by atoms with Gasteiger partial charge in [0.15, 0.2) is 0 Å². The van der Waals surface area contributed by atoms with Crippen molar-refractivity contribution in [3.63, 3.8) is 0 Å². The van der Waals surface area contributed by atoms with Crippen molar-refractivity contribution in [1.29, 1.82) is 0 Å². The first-order valence-corrected chi connectivity index (χ1v) is 11.8. The van der Waals surface area contributed by atoms with Gasteiger partial charge in [-0.3, -0.25) is 14.4 Å².